The number of aliphatic hydroxyl groups is 3. The van der Waals surface area contributed by atoms with Gasteiger partial charge in [0.15, 0.2) is 5.47 Å². The molecule has 0 fully saturated rings. The van der Waals surface area contributed by atoms with Crippen molar-refractivity contribution < 1.29 is 38.9 Å². The van der Waals surface area contributed by atoms with Crippen molar-refractivity contribution in [3.05, 3.63) is 29.1 Å². The number of hydrogen-bond donors (Lipinski definition) is 4. The van der Waals surface area contributed by atoms with Crippen LogP contribution in [0, 0.1) is 0 Å². The van der Waals surface area contributed by atoms with Gasteiger partial charge in [0, 0.05) is 39.3 Å². The topological polar surface area (TPSA) is 172 Å². The van der Waals surface area contributed by atoms with Crippen LogP contribution in [0.1, 0.15) is 61.8 Å². The van der Waals surface area contributed by atoms with Crippen molar-refractivity contribution in [1.82, 2.24) is 19.7 Å². The zero-order valence-electron chi connectivity index (χ0n) is 20.6. The van der Waals surface area contributed by atoms with Crippen LogP contribution >= 0.6 is 25.4 Å². The third-order valence-electron chi connectivity index (χ3n) is 6.62. The third-order valence-corrected chi connectivity index (χ3v) is 9.29. The number of rotatable bonds is 10. The van der Waals surface area contributed by atoms with Gasteiger partial charge in [0.05, 0.1) is 17.0 Å². The second-order valence-corrected chi connectivity index (χ2v) is 11.3. The first-order chi connectivity index (χ1) is 17.0. The Hall–Kier alpha value is -1.32. The van der Waals surface area contributed by atoms with Crippen LogP contribution in [0.4, 0.5) is 0 Å². The fourth-order valence-corrected chi connectivity index (χ4v) is 5.36. The molecule has 36 heavy (non-hydrogen) atoms. The van der Waals surface area contributed by atoms with Crippen molar-refractivity contribution in [3.8, 4) is 0 Å². The molecule has 0 spiro atoms. The number of nitrogens with zero attached hydrogens (tertiary/aromatic N) is 4. The number of hydrogen-bond acceptors (Lipinski definition) is 11. The number of fused-ring (bicyclic) bond motifs is 2. The molecule has 15 heteroatoms. The number of carboxylic acids is 1. The first kappa shape index (κ1) is 30.9. The molecule has 0 aromatic carbocycles. The Balaban J connectivity index is 2.69. The van der Waals surface area contributed by atoms with E-state index < -0.39 is 47.7 Å². The fraction of sp³-hybridized carbons (Fsp3) is 0.714. The van der Waals surface area contributed by atoms with Gasteiger partial charge < -0.3 is 20.4 Å². The normalized spacial score (nSPS) is 22.3. The van der Waals surface area contributed by atoms with E-state index in [4.69, 9.17) is 0 Å². The van der Waals surface area contributed by atoms with E-state index in [0.29, 0.717) is 5.69 Å². The Labute approximate surface area is 214 Å². The largest absolute Gasteiger partial charge is 0.478 e. The van der Waals surface area contributed by atoms with E-state index in [1.807, 2.05) is 0 Å². The maximum absolute atomic E-state index is 12.0. The average Bonchev–Trinajstić information content (AvgIpc) is 2.89. The Morgan fingerprint density at radius 2 is 1.22 bits per heavy atom. The lowest BCUT2D eigenvalue weighted by Gasteiger charge is -2.41. The molecule has 3 unspecified atom stereocenters. The first-order valence-electron chi connectivity index (χ1n) is 11.6. The van der Waals surface area contributed by atoms with Gasteiger partial charge >= 0.3 is 5.97 Å². The maximum Gasteiger partial charge on any atom is 0.337 e. The van der Waals surface area contributed by atoms with Crippen LogP contribution in [0.2, 0.25) is 0 Å². The lowest BCUT2D eigenvalue weighted by atomic mass is 10.1. The molecule has 0 amide bonds. The molecule has 2 heterocycles. The van der Waals surface area contributed by atoms with E-state index in [1.165, 1.54) is 26.8 Å². The van der Waals surface area contributed by atoms with Crippen LogP contribution in [-0.2, 0) is 26.8 Å². The minimum absolute atomic E-state index is 0.00217. The van der Waals surface area contributed by atoms with Crippen LogP contribution in [0.25, 0.3) is 0 Å². The molecule has 0 saturated carbocycles. The van der Waals surface area contributed by atoms with Gasteiger partial charge in [0.25, 0.3) is 0 Å². The predicted octanol–water partition coefficient (Wildman–Crippen LogP) is 2.74. The average molecular weight is 562 g/mol. The SMILES string of the molecule is CCC(O)(P=O)N1CCN(C(O)(CC)P=O)Cc2ccc(C(=O)O)c(n2)CN(C(O)(CC)P=O)CC1. The molecule has 200 valence electrons. The van der Waals surface area contributed by atoms with Crippen molar-refractivity contribution in [3.63, 3.8) is 0 Å². The highest BCUT2D eigenvalue weighted by atomic mass is 31.1. The van der Waals surface area contributed by atoms with Crippen molar-refractivity contribution in [1.29, 1.82) is 0 Å². The fourth-order valence-electron chi connectivity index (χ4n) is 4.09. The summed E-state index contributed by atoms with van der Waals surface area (Å²) in [5, 5.41) is 42.8. The van der Waals surface area contributed by atoms with Gasteiger partial charge in [-0.15, -0.1) is 0 Å². The van der Waals surface area contributed by atoms with Gasteiger partial charge in [0.2, 0.25) is 36.3 Å². The van der Waals surface area contributed by atoms with Gasteiger partial charge in [-0.2, -0.15) is 0 Å². The third kappa shape index (κ3) is 6.76. The van der Waals surface area contributed by atoms with E-state index in [2.05, 4.69) is 4.98 Å². The van der Waals surface area contributed by atoms with E-state index in [-0.39, 0.29) is 69.8 Å². The first-order valence-corrected chi connectivity index (χ1v) is 14.1. The summed E-state index contributed by atoms with van der Waals surface area (Å²) in [4.78, 5) is 20.8. The van der Waals surface area contributed by atoms with Crippen LogP contribution in [0.3, 0.4) is 0 Å². The number of carbonyl (C=O) groups is 1. The smallest absolute Gasteiger partial charge is 0.337 e. The highest BCUT2D eigenvalue weighted by Crippen LogP contribution is 2.34. The predicted molar refractivity (Wildman–Crippen MR) is 132 cm³/mol. The van der Waals surface area contributed by atoms with Gasteiger partial charge in [-0.25, -0.2) is 4.79 Å². The Morgan fingerprint density at radius 1 is 0.806 bits per heavy atom. The van der Waals surface area contributed by atoms with Crippen molar-refractivity contribution in [2.75, 3.05) is 26.2 Å². The van der Waals surface area contributed by atoms with E-state index in [9.17, 15) is 38.9 Å². The van der Waals surface area contributed by atoms with Crippen LogP contribution in [0.5, 0.6) is 0 Å². The highest BCUT2D eigenvalue weighted by molar-refractivity contribution is 7.26. The van der Waals surface area contributed by atoms with E-state index in [1.54, 1.807) is 20.8 Å². The maximum atomic E-state index is 12.0. The van der Waals surface area contributed by atoms with Crippen LogP contribution in [-0.4, -0.2) is 88.7 Å². The zero-order valence-corrected chi connectivity index (χ0v) is 23.3. The second kappa shape index (κ2) is 13.0. The second-order valence-electron chi connectivity index (χ2n) is 8.59. The molecule has 1 aromatic heterocycles. The lowest BCUT2D eigenvalue weighted by Crippen LogP contribution is -2.54. The highest BCUT2D eigenvalue weighted by Gasteiger charge is 2.40. The number of aromatic carboxylic acids is 1. The van der Waals surface area contributed by atoms with E-state index >= 15 is 0 Å². The van der Waals surface area contributed by atoms with Crippen molar-refractivity contribution in [2.45, 2.75) is 69.5 Å². The van der Waals surface area contributed by atoms with E-state index in [0.717, 1.165) is 0 Å². The minimum Gasteiger partial charge on any atom is -0.478 e. The van der Waals surface area contributed by atoms with Gasteiger partial charge in [0.1, 0.15) is 0 Å². The minimum atomic E-state index is -1.83. The van der Waals surface area contributed by atoms with Crippen molar-refractivity contribution >= 4 is 31.3 Å². The zero-order chi connectivity index (χ0) is 27.1. The van der Waals surface area contributed by atoms with Gasteiger partial charge in [-0.3, -0.25) is 33.4 Å². The summed E-state index contributed by atoms with van der Waals surface area (Å²) >= 11 is 0. The summed E-state index contributed by atoms with van der Waals surface area (Å²) in [5.74, 6) is -1.23. The number of pyridine rings is 1. The van der Waals surface area contributed by atoms with Crippen LogP contribution < -0.4 is 0 Å². The summed E-state index contributed by atoms with van der Waals surface area (Å²) in [6.07, 6.45) is 0.255. The summed E-state index contributed by atoms with van der Waals surface area (Å²) in [5.41, 5.74) is -4.97. The molecule has 12 nitrogen and oxygen atoms in total. The summed E-state index contributed by atoms with van der Waals surface area (Å²) < 4.78 is 35.9. The lowest BCUT2D eigenvalue weighted by molar-refractivity contribution is -0.0876. The molecule has 0 aliphatic carbocycles. The Bertz CT molecular complexity index is 975. The molecule has 1 aliphatic rings. The molecule has 3 atom stereocenters. The molecule has 1 aliphatic heterocycles. The van der Waals surface area contributed by atoms with Gasteiger partial charge in [-0.05, 0) is 31.4 Å². The number of carboxylic acid groups (broad SMARTS) is 1. The molecular weight excluding hydrogens is 529 g/mol. The summed E-state index contributed by atoms with van der Waals surface area (Å²) in [6, 6.07) is 2.86. The summed E-state index contributed by atoms with van der Waals surface area (Å²) in [7, 11) is -1.69. The molecule has 2 rings (SSSR count). The van der Waals surface area contributed by atoms with Crippen molar-refractivity contribution in [2.24, 2.45) is 0 Å². The molecular formula is C21H33N4O8P3. The molecule has 4 N–H and O–H groups in total. The Kier molecular flexibility index (Phi) is 11.1. The molecule has 0 radical (unpaired) electrons. The Morgan fingerprint density at radius 3 is 1.64 bits per heavy atom. The molecule has 1 aromatic rings. The standard InChI is InChI=1S/C21H33N4O8P3/c1-4-19(28,34-31)23-9-11-24(20(29,5-2)35-32)13-15-7-8-16(18(26)27)17(22-15)14-25(12-10-23)21(30,6-3)36-33/h7-8,28-30H,4-6,9-14H2,1-3H3,(H,26,27). The quantitative estimate of drug-likeness (QED) is 0.308. The van der Waals surface area contributed by atoms with Crippen LogP contribution in [0.15, 0.2) is 12.1 Å². The number of aromatic nitrogens is 1. The van der Waals surface area contributed by atoms with Gasteiger partial charge in [-0.1, -0.05) is 20.8 Å². The molecule has 2 bridgehead atoms. The summed E-state index contributed by atoms with van der Waals surface area (Å²) in [6.45, 7) is 5.02. The monoisotopic (exact) mass is 562 g/mol. The molecule has 0 saturated heterocycles.